The van der Waals surface area contributed by atoms with Crippen LogP contribution in [-0.4, -0.2) is 23.9 Å². The van der Waals surface area contributed by atoms with Gasteiger partial charge in [-0.2, -0.15) is 0 Å². The van der Waals surface area contributed by atoms with Gasteiger partial charge in [-0.3, -0.25) is 0 Å². The predicted molar refractivity (Wildman–Crippen MR) is 53.1 cm³/mol. The zero-order valence-electron chi connectivity index (χ0n) is 8.15. The molecule has 0 amide bonds. The number of carbonyl (C=O) groups is 1. The monoisotopic (exact) mass is 310 g/mol. The third-order valence-electron chi connectivity index (χ3n) is 1.79. The number of hydrogen-bond donors (Lipinski definition) is 0. The summed E-state index contributed by atoms with van der Waals surface area (Å²) < 4.78 is 22.2. The summed E-state index contributed by atoms with van der Waals surface area (Å²) in [5.74, 6) is -0.00897. The Bertz CT molecular complexity index is 429. The summed E-state index contributed by atoms with van der Waals surface area (Å²) in [6.45, 7) is 1.48. The molecule has 1 rings (SSSR count). The molecule has 0 saturated carbocycles. The van der Waals surface area contributed by atoms with Crippen LogP contribution in [-0.2, 0) is 10.7 Å². The van der Waals surface area contributed by atoms with Gasteiger partial charge in [-0.15, -0.1) is 0 Å². The maximum atomic E-state index is 11.1. The van der Waals surface area contributed by atoms with E-state index in [0.717, 1.165) is 5.56 Å². The van der Waals surface area contributed by atoms with Crippen LogP contribution < -0.4 is 0 Å². The van der Waals surface area contributed by atoms with Gasteiger partial charge in [0.15, 0.2) is 0 Å². The minimum absolute atomic E-state index is 0.00897. The summed E-state index contributed by atoms with van der Waals surface area (Å²) in [4.78, 5) is 12.2. The van der Waals surface area contributed by atoms with Gasteiger partial charge in [0, 0.05) is 0 Å². The Labute approximate surface area is 86.7 Å². The van der Waals surface area contributed by atoms with E-state index in [-0.39, 0.29) is 10.3 Å². The zero-order valence-corrected chi connectivity index (χ0v) is 10.5. The fourth-order valence-corrected chi connectivity index (χ4v) is 3.42. The molecule has 0 heterocycles. The van der Waals surface area contributed by atoms with Gasteiger partial charge in [0.05, 0.1) is 0 Å². The van der Waals surface area contributed by atoms with Crippen molar-refractivity contribution in [1.29, 1.82) is 0 Å². The first-order valence-corrected chi connectivity index (χ1v) is 10.0. The number of benzene rings is 1. The molecule has 0 aliphatic rings. The molecule has 1 aromatic carbocycles. The molecule has 0 bridgehead atoms. The number of Topliss-reactive ketones (excluding diaryl/α,β-unsaturated/α-hetero) is 1. The molecule has 0 aliphatic heterocycles. The normalized spacial score (nSPS) is 11.3. The molecule has 0 aromatic heterocycles. The van der Waals surface area contributed by atoms with Gasteiger partial charge in [0.1, 0.15) is 0 Å². The first-order chi connectivity index (χ1) is 6.38. The van der Waals surface area contributed by atoms with Crippen molar-refractivity contribution in [3.63, 3.8) is 0 Å². The van der Waals surface area contributed by atoms with Crippen molar-refractivity contribution in [2.75, 3.05) is 0 Å². The second-order valence-electron chi connectivity index (χ2n) is 3.32. The number of ketones is 1. The molecule has 76 valence electrons. The van der Waals surface area contributed by atoms with E-state index >= 15 is 0 Å². The van der Waals surface area contributed by atoms with E-state index in [1.54, 1.807) is 24.3 Å². The second-order valence-corrected chi connectivity index (χ2v) is 9.43. The van der Waals surface area contributed by atoms with Crippen molar-refractivity contribution >= 4 is 23.9 Å². The number of carbonyl (C=O) groups excluding carboxylic acids is 1. The molecule has 0 fully saturated rings. The zero-order chi connectivity index (χ0) is 10.8. The van der Waals surface area contributed by atoms with Crippen LogP contribution >= 0.6 is 0 Å². The quantitative estimate of drug-likeness (QED) is 0.633. The van der Waals surface area contributed by atoms with Gasteiger partial charge in [0.25, 0.3) is 0 Å². The summed E-state index contributed by atoms with van der Waals surface area (Å²) in [6, 6.07) is 6.70. The Morgan fingerprint density at radius 1 is 1.21 bits per heavy atom. The van der Waals surface area contributed by atoms with Gasteiger partial charge >= 0.3 is 86.7 Å². The number of rotatable bonds is 3. The molecule has 0 atom stereocenters. The molecule has 14 heavy (non-hydrogen) atoms. The predicted octanol–water partition coefficient (Wildman–Crippen LogP) is 1.90. The molecule has 0 unspecified atom stereocenters. The molecule has 0 saturated heterocycles. The van der Waals surface area contributed by atoms with Gasteiger partial charge in [-0.25, -0.2) is 0 Å². The Hall–Kier alpha value is -0.720. The van der Waals surface area contributed by atoms with Gasteiger partial charge in [-0.1, -0.05) is 0 Å². The molecule has 0 aliphatic carbocycles. The molecule has 1 aromatic rings. The summed E-state index contributed by atoms with van der Waals surface area (Å²) in [7, 11) is 0. The minimum atomic E-state index is -4.02. The molecule has 4 heteroatoms. The first-order valence-electron chi connectivity index (χ1n) is 4.16. The van der Waals surface area contributed by atoms with Crippen LogP contribution in [0.2, 0.25) is 4.97 Å². The van der Waals surface area contributed by atoms with E-state index in [1.807, 2.05) is 0 Å². The first kappa shape index (κ1) is 11.4. The van der Waals surface area contributed by atoms with E-state index in [9.17, 15) is 11.0 Å². The Morgan fingerprint density at radius 3 is 2.07 bits per heavy atom. The molecule has 0 radical (unpaired) electrons. The summed E-state index contributed by atoms with van der Waals surface area (Å²) in [5.41, 5.74) is 1.36. The van der Waals surface area contributed by atoms with Gasteiger partial charge in [-0.05, 0) is 0 Å². The Morgan fingerprint density at radius 2 is 1.71 bits per heavy atom. The summed E-state index contributed by atoms with van der Waals surface area (Å²) in [6.07, 6.45) is 0. The summed E-state index contributed by atoms with van der Waals surface area (Å²) in [5, 5.41) is 0. The third-order valence-corrected chi connectivity index (χ3v) is 4.24. The molecular formula is C10H12O3Te. The van der Waals surface area contributed by atoms with Crippen molar-refractivity contribution in [1.82, 2.24) is 0 Å². The average Bonchev–Trinajstić information content (AvgIpc) is 2.02. The van der Waals surface area contributed by atoms with E-state index in [1.165, 1.54) is 11.9 Å². The van der Waals surface area contributed by atoms with Crippen molar-refractivity contribution in [3.8, 4) is 0 Å². The SMILES string of the molecule is CC(=O)c1ccc(C[Te](C)(=O)=O)cc1. The van der Waals surface area contributed by atoms with Crippen molar-refractivity contribution in [3.05, 3.63) is 35.4 Å². The summed E-state index contributed by atoms with van der Waals surface area (Å²) >= 11 is -4.02. The van der Waals surface area contributed by atoms with Crippen LogP contribution in [0.4, 0.5) is 0 Å². The standard InChI is InChI=1S/C10H12O3Te/c1-8(11)10-5-3-9(4-6-10)7-14(2,12)13/h3-6H,7H2,1-2H3. The van der Waals surface area contributed by atoms with Gasteiger partial charge < -0.3 is 0 Å². The molecule has 0 N–H and O–H groups in total. The van der Waals surface area contributed by atoms with E-state index in [4.69, 9.17) is 0 Å². The molecule has 0 spiro atoms. The Kier molecular flexibility index (Phi) is 3.41. The van der Waals surface area contributed by atoms with Crippen LogP contribution in [0.25, 0.3) is 0 Å². The van der Waals surface area contributed by atoms with E-state index in [2.05, 4.69) is 0 Å². The van der Waals surface area contributed by atoms with Crippen LogP contribution in [0.1, 0.15) is 22.8 Å². The van der Waals surface area contributed by atoms with E-state index in [0.29, 0.717) is 5.56 Å². The van der Waals surface area contributed by atoms with Crippen LogP contribution in [0.3, 0.4) is 0 Å². The maximum absolute atomic E-state index is 11.1. The van der Waals surface area contributed by atoms with Crippen molar-refractivity contribution in [2.24, 2.45) is 0 Å². The number of hydrogen-bond acceptors (Lipinski definition) is 3. The molecule has 3 nitrogen and oxygen atoms in total. The topological polar surface area (TPSA) is 51.2 Å². The second kappa shape index (κ2) is 4.20. The fourth-order valence-electron chi connectivity index (χ4n) is 1.14. The Balaban J connectivity index is 2.90. The molecular weight excluding hydrogens is 296 g/mol. The van der Waals surface area contributed by atoms with Crippen LogP contribution in [0, 0.1) is 0 Å². The van der Waals surface area contributed by atoms with Gasteiger partial charge in [0.2, 0.25) is 0 Å². The van der Waals surface area contributed by atoms with Crippen LogP contribution in [0.15, 0.2) is 24.3 Å². The van der Waals surface area contributed by atoms with Crippen LogP contribution in [0.5, 0.6) is 0 Å². The van der Waals surface area contributed by atoms with Crippen molar-refractivity contribution in [2.45, 2.75) is 16.4 Å². The third kappa shape index (κ3) is 3.57. The van der Waals surface area contributed by atoms with Crippen molar-refractivity contribution < 1.29 is 11.0 Å². The fraction of sp³-hybridized carbons (Fsp3) is 0.300. The van der Waals surface area contributed by atoms with E-state index < -0.39 is 18.1 Å². The average molecular weight is 308 g/mol.